The van der Waals surface area contributed by atoms with Gasteiger partial charge in [0.15, 0.2) is 5.71 Å². The van der Waals surface area contributed by atoms with E-state index in [2.05, 4.69) is 176 Å². The Kier molecular flexibility index (Phi) is 6.68. The Morgan fingerprint density at radius 2 is 1.37 bits per heavy atom. The van der Waals surface area contributed by atoms with Crippen LogP contribution >= 0.6 is 0 Å². The molecule has 43 heavy (non-hydrogen) atoms. The molecule has 0 fully saturated rings. The molecule has 2 heterocycles. The van der Waals surface area contributed by atoms with E-state index in [1.807, 2.05) is 0 Å². The fraction of sp³-hybridized carbons (Fsp3) is 0.220. The van der Waals surface area contributed by atoms with Crippen LogP contribution in [0.15, 0.2) is 151 Å². The molecule has 0 spiro atoms. The summed E-state index contributed by atoms with van der Waals surface area (Å²) in [6, 6.07) is 39.0. The van der Waals surface area contributed by atoms with Crippen molar-refractivity contribution in [3.8, 4) is 0 Å². The second-order valence-corrected chi connectivity index (χ2v) is 12.9. The zero-order valence-electron chi connectivity index (χ0n) is 25.6. The first kappa shape index (κ1) is 27.2. The third kappa shape index (κ3) is 4.63. The van der Waals surface area contributed by atoms with Crippen molar-refractivity contribution in [2.45, 2.75) is 51.4 Å². The van der Waals surface area contributed by atoms with E-state index in [4.69, 9.17) is 0 Å². The van der Waals surface area contributed by atoms with Gasteiger partial charge in [-0.1, -0.05) is 90.5 Å². The van der Waals surface area contributed by atoms with Gasteiger partial charge in [0.05, 0.1) is 16.8 Å². The predicted octanol–water partition coefficient (Wildman–Crippen LogP) is 10.3. The quantitative estimate of drug-likeness (QED) is 0.174. The number of hydrogen-bond acceptors (Lipinski definition) is 1. The lowest BCUT2D eigenvalue weighted by Crippen LogP contribution is -2.27. The SMILES string of the molecule is CC1(C)C(=C=CC2C=C(/C=C/C3=[N+](c4ccccc4)c4ccccc4C3(C)C)CC2)N(c2ccccc2)c2ccccc21. The maximum absolute atomic E-state index is 3.82. The van der Waals surface area contributed by atoms with E-state index in [0.29, 0.717) is 5.92 Å². The van der Waals surface area contributed by atoms with Crippen LogP contribution < -0.4 is 9.48 Å². The van der Waals surface area contributed by atoms with Gasteiger partial charge in [-0.05, 0) is 70.4 Å². The molecule has 4 aromatic rings. The Labute approximate surface area is 256 Å². The smallest absolute Gasteiger partial charge is 0.215 e. The number of fused-ring (bicyclic) bond motifs is 2. The van der Waals surface area contributed by atoms with E-state index in [1.165, 1.54) is 50.9 Å². The Bertz CT molecular complexity index is 1840. The summed E-state index contributed by atoms with van der Waals surface area (Å²) in [5.74, 6) is 0.369. The Morgan fingerprint density at radius 1 is 0.721 bits per heavy atom. The van der Waals surface area contributed by atoms with Crippen LogP contribution in [0, 0.1) is 5.92 Å². The Balaban J connectivity index is 1.23. The van der Waals surface area contributed by atoms with E-state index in [-0.39, 0.29) is 10.8 Å². The number of allylic oxidation sites excluding steroid dienone is 5. The van der Waals surface area contributed by atoms with E-state index in [0.717, 1.165) is 12.8 Å². The third-order valence-electron chi connectivity index (χ3n) is 9.45. The van der Waals surface area contributed by atoms with Crippen LogP contribution in [0.4, 0.5) is 22.7 Å². The predicted molar refractivity (Wildman–Crippen MR) is 182 cm³/mol. The van der Waals surface area contributed by atoms with Crippen molar-refractivity contribution >= 4 is 28.5 Å². The summed E-state index contributed by atoms with van der Waals surface area (Å²) in [4.78, 5) is 2.39. The lowest BCUT2D eigenvalue weighted by atomic mass is 9.81. The molecule has 4 aromatic carbocycles. The zero-order chi connectivity index (χ0) is 29.6. The molecule has 1 atom stereocenters. The van der Waals surface area contributed by atoms with Crippen LogP contribution in [0.2, 0.25) is 0 Å². The van der Waals surface area contributed by atoms with Crippen LogP contribution in [0.1, 0.15) is 51.7 Å². The minimum absolute atomic E-state index is 0.0875. The minimum atomic E-state index is -0.130. The highest BCUT2D eigenvalue weighted by atomic mass is 15.2. The van der Waals surface area contributed by atoms with Gasteiger partial charge >= 0.3 is 0 Å². The van der Waals surface area contributed by atoms with Crippen LogP contribution in [-0.4, -0.2) is 5.71 Å². The van der Waals surface area contributed by atoms with Crippen molar-refractivity contribution in [1.82, 2.24) is 4.58 Å². The number of hydrogen-bond donors (Lipinski definition) is 0. The van der Waals surface area contributed by atoms with Gasteiger partial charge in [-0.3, -0.25) is 0 Å². The van der Waals surface area contributed by atoms with Gasteiger partial charge in [0.2, 0.25) is 11.4 Å². The molecule has 0 N–H and O–H groups in total. The molecule has 0 radical (unpaired) electrons. The van der Waals surface area contributed by atoms with Crippen molar-refractivity contribution in [1.29, 1.82) is 0 Å². The maximum atomic E-state index is 3.82. The number of nitrogens with zero attached hydrogens (tertiary/aromatic N) is 2. The molecule has 0 saturated heterocycles. The molecule has 1 unspecified atom stereocenters. The van der Waals surface area contributed by atoms with Crippen molar-refractivity contribution in [3.05, 3.63) is 162 Å². The molecule has 2 nitrogen and oxygen atoms in total. The van der Waals surface area contributed by atoms with Gasteiger partial charge < -0.3 is 4.90 Å². The van der Waals surface area contributed by atoms with Gasteiger partial charge in [0.1, 0.15) is 0 Å². The number of rotatable bonds is 5. The highest BCUT2D eigenvalue weighted by Crippen LogP contribution is 2.50. The molecule has 1 aliphatic carbocycles. The molecule has 212 valence electrons. The monoisotopic (exact) mass is 559 g/mol. The van der Waals surface area contributed by atoms with Crippen LogP contribution in [0.3, 0.4) is 0 Å². The van der Waals surface area contributed by atoms with E-state index >= 15 is 0 Å². The second-order valence-electron chi connectivity index (χ2n) is 12.9. The summed E-state index contributed by atoms with van der Waals surface area (Å²) in [5, 5.41) is 0. The fourth-order valence-corrected chi connectivity index (χ4v) is 7.11. The largest absolute Gasteiger partial charge is 0.306 e. The molecule has 2 aliphatic heterocycles. The minimum Gasteiger partial charge on any atom is -0.306 e. The lowest BCUT2D eigenvalue weighted by molar-refractivity contribution is 0.644. The van der Waals surface area contributed by atoms with Crippen LogP contribution in [-0.2, 0) is 10.8 Å². The molecule has 7 rings (SSSR count). The first-order valence-electron chi connectivity index (χ1n) is 15.5. The second kappa shape index (κ2) is 10.6. The van der Waals surface area contributed by atoms with Crippen LogP contribution in [0.25, 0.3) is 0 Å². The molecule has 2 heteroatoms. The average molecular weight is 560 g/mol. The zero-order valence-corrected chi connectivity index (χ0v) is 25.6. The topological polar surface area (TPSA) is 6.25 Å². The summed E-state index contributed by atoms with van der Waals surface area (Å²) in [6.07, 6.45) is 11.6. The summed E-state index contributed by atoms with van der Waals surface area (Å²) >= 11 is 0. The molecule has 0 saturated carbocycles. The average Bonchev–Trinajstić information content (AvgIpc) is 3.65. The number of anilines is 2. The van der Waals surface area contributed by atoms with E-state index in [1.54, 1.807) is 0 Å². The fourth-order valence-electron chi connectivity index (χ4n) is 7.11. The first-order chi connectivity index (χ1) is 20.9. The lowest BCUT2D eigenvalue weighted by Gasteiger charge is -2.25. The normalized spacial score (nSPS) is 19.8. The first-order valence-corrected chi connectivity index (χ1v) is 15.5. The molecule has 0 amide bonds. The summed E-state index contributed by atoms with van der Waals surface area (Å²) < 4.78 is 2.43. The van der Waals surface area contributed by atoms with Crippen molar-refractivity contribution in [2.75, 3.05) is 4.90 Å². The standard InChI is InChI=1S/C41H39N2/c1-40(2)34-19-11-13-21-36(34)42(32-15-7-5-8-16-32)38(40)27-25-30-23-24-31(29-30)26-28-39-41(3,4)35-20-12-14-22-37(35)43(39)33-17-9-6-10-18-33/h5-22,25-27,29,31H,23-24H2,1-4H3/q+1/b27-25+. The maximum Gasteiger partial charge on any atom is 0.215 e. The Hall–Kier alpha value is -4.65. The summed E-state index contributed by atoms with van der Waals surface area (Å²) in [5.41, 5.74) is 15.1. The highest BCUT2D eigenvalue weighted by Gasteiger charge is 2.45. The third-order valence-corrected chi connectivity index (χ3v) is 9.45. The van der Waals surface area contributed by atoms with Crippen LogP contribution in [0.5, 0.6) is 0 Å². The summed E-state index contributed by atoms with van der Waals surface area (Å²) in [7, 11) is 0. The molecule has 0 aromatic heterocycles. The van der Waals surface area contributed by atoms with E-state index < -0.39 is 0 Å². The Morgan fingerprint density at radius 3 is 2.14 bits per heavy atom. The number of para-hydroxylation sites is 4. The van der Waals surface area contributed by atoms with E-state index in [9.17, 15) is 0 Å². The molecule has 0 bridgehead atoms. The van der Waals surface area contributed by atoms with Gasteiger partial charge in [0.25, 0.3) is 0 Å². The van der Waals surface area contributed by atoms with Gasteiger partial charge in [-0.25, -0.2) is 0 Å². The summed E-state index contributed by atoms with van der Waals surface area (Å²) in [6.45, 7) is 9.32. The molecular formula is C41H39N2+. The van der Waals surface area contributed by atoms with Gasteiger partial charge in [0, 0.05) is 46.9 Å². The van der Waals surface area contributed by atoms with Gasteiger partial charge in [-0.15, -0.1) is 5.73 Å². The number of benzene rings is 4. The molecular weight excluding hydrogens is 520 g/mol. The van der Waals surface area contributed by atoms with Crippen molar-refractivity contribution < 1.29 is 0 Å². The molecule has 3 aliphatic rings. The van der Waals surface area contributed by atoms with Gasteiger partial charge in [-0.2, -0.15) is 4.58 Å². The highest BCUT2D eigenvalue weighted by molar-refractivity contribution is 6.10. The van der Waals surface area contributed by atoms with Crippen molar-refractivity contribution in [2.24, 2.45) is 5.92 Å². The van der Waals surface area contributed by atoms with Crippen molar-refractivity contribution in [3.63, 3.8) is 0 Å².